The van der Waals surface area contributed by atoms with E-state index in [0.29, 0.717) is 0 Å². The molecule has 0 fully saturated rings. The molecule has 1 aromatic rings. The summed E-state index contributed by atoms with van der Waals surface area (Å²) in [4.78, 5) is 0. The van der Waals surface area contributed by atoms with Crippen LogP contribution in [-0.2, 0) is 5.41 Å². The normalized spacial score (nSPS) is 15.8. The lowest BCUT2D eigenvalue weighted by Crippen LogP contribution is -2.13. The fraction of sp³-hybridized carbons (Fsp3) is 0.385. The Bertz CT molecular complexity index is 394. The molecule has 0 aliphatic rings. The minimum absolute atomic E-state index is 0.0786. The number of hydrogen-bond acceptors (Lipinski definition) is 0. The van der Waals surface area contributed by atoms with E-state index in [2.05, 4.69) is 27.4 Å². The maximum absolute atomic E-state index is 7.41. The molecule has 70 valence electrons. The van der Waals surface area contributed by atoms with Gasteiger partial charge in [0, 0.05) is 4.11 Å². The molecule has 0 atom stereocenters. The maximum Gasteiger partial charge on any atom is 0.0280 e. The van der Waals surface area contributed by atoms with Gasteiger partial charge in [0.15, 0.2) is 0 Å². The van der Waals surface area contributed by atoms with Gasteiger partial charge in [-0.05, 0) is 23.4 Å². The number of rotatable bonds is 1. The summed E-state index contributed by atoms with van der Waals surface area (Å²) in [5.74, 6) is 0. The lowest BCUT2D eigenvalue weighted by Gasteiger charge is -2.22. The van der Waals surface area contributed by atoms with Crippen molar-refractivity contribution in [2.45, 2.75) is 33.0 Å². The first-order chi connectivity index (χ1) is 7.14. The SMILES string of the molecule is [2H]C([2H])([2H])C(=C)c1ccccc1C(C)(C)C. The monoisotopic (exact) mass is 177 g/mol. The van der Waals surface area contributed by atoms with Gasteiger partial charge in [0.2, 0.25) is 0 Å². The highest BCUT2D eigenvalue weighted by molar-refractivity contribution is 5.65. The Morgan fingerprint density at radius 1 is 1.31 bits per heavy atom. The van der Waals surface area contributed by atoms with Gasteiger partial charge in [0.25, 0.3) is 0 Å². The van der Waals surface area contributed by atoms with Gasteiger partial charge in [0.05, 0.1) is 0 Å². The molecule has 1 rings (SSSR count). The summed E-state index contributed by atoms with van der Waals surface area (Å²) < 4.78 is 22.2. The van der Waals surface area contributed by atoms with Gasteiger partial charge in [0.1, 0.15) is 0 Å². The van der Waals surface area contributed by atoms with Gasteiger partial charge in [-0.1, -0.05) is 57.2 Å². The van der Waals surface area contributed by atoms with Gasteiger partial charge in [-0.25, -0.2) is 0 Å². The molecule has 1 aromatic carbocycles. The summed E-state index contributed by atoms with van der Waals surface area (Å²) in [6.45, 7) is 7.79. The summed E-state index contributed by atoms with van der Waals surface area (Å²) in [5.41, 5.74) is 1.91. The fourth-order valence-corrected chi connectivity index (χ4v) is 1.40. The largest absolute Gasteiger partial charge is 0.0955 e. The van der Waals surface area contributed by atoms with Crippen LogP contribution in [0.5, 0.6) is 0 Å². The summed E-state index contributed by atoms with van der Waals surface area (Å²) in [7, 11) is 0. The Kier molecular flexibility index (Phi) is 1.66. The van der Waals surface area contributed by atoms with E-state index in [0.717, 1.165) is 11.1 Å². The van der Waals surface area contributed by atoms with Gasteiger partial charge < -0.3 is 0 Å². The van der Waals surface area contributed by atoms with E-state index in [-0.39, 0.29) is 11.0 Å². The second-order valence-electron chi connectivity index (χ2n) is 4.27. The second-order valence-corrected chi connectivity index (χ2v) is 4.27. The first kappa shape index (κ1) is 6.42. The molecule has 0 radical (unpaired) electrons. The van der Waals surface area contributed by atoms with Crippen molar-refractivity contribution in [1.82, 2.24) is 0 Å². The van der Waals surface area contributed by atoms with Crippen molar-refractivity contribution in [3.05, 3.63) is 42.0 Å². The second kappa shape index (κ2) is 3.37. The Morgan fingerprint density at radius 2 is 1.92 bits per heavy atom. The van der Waals surface area contributed by atoms with E-state index in [1.807, 2.05) is 24.3 Å². The van der Waals surface area contributed by atoms with Crippen LogP contribution in [0.2, 0.25) is 0 Å². The van der Waals surface area contributed by atoms with E-state index in [1.54, 1.807) is 0 Å². The Balaban J connectivity index is 3.31. The van der Waals surface area contributed by atoms with Crippen LogP contribution >= 0.6 is 0 Å². The molecule has 0 bridgehead atoms. The van der Waals surface area contributed by atoms with Gasteiger partial charge in [-0.15, -0.1) is 0 Å². The molecule has 0 N–H and O–H groups in total. The molecule has 0 aromatic heterocycles. The molecule has 0 spiro atoms. The van der Waals surface area contributed by atoms with E-state index < -0.39 is 6.85 Å². The maximum atomic E-state index is 7.41. The molecule has 0 unspecified atom stereocenters. The predicted octanol–water partition coefficient (Wildman–Crippen LogP) is 4.02. The molecular weight excluding hydrogens is 156 g/mol. The Hall–Kier alpha value is -1.04. The van der Waals surface area contributed by atoms with Gasteiger partial charge in [-0.3, -0.25) is 0 Å². The first-order valence-electron chi connectivity index (χ1n) is 5.93. The molecular formula is C13H18. The van der Waals surface area contributed by atoms with Crippen LogP contribution in [0.25, 0.3) is 5.57 Å². The number of benzene rings is 1. The summed E-state index contributed by atoms with van der Waals surface area (Å²) in [6, 6.07) is 7.57. The van der Waals surface area contributed by atoms with Crippen LogP contribution in [0, 0.1) is 0 Å². The van der Waals surface area contributed by atoms with Crippen molar-refractivity contribution in [3.63, 3.8) is 0 Å². The summed E-state index contributed by atoms with van der Waals surface area (Å²) >= 11 is 0. The molecule has 0 amide bonds. The third-order valence-electron chi connectivity index (χ3n) is 2.06. The van der Waals surface area contributed by atoms with Gasteiger partial charge in [-0.2, -0.15) is 0 Å². The average molecular weight is 177 g/mol. The number of hydrogen-bond donors (Lipinski definition) is 0. The van der Waals surface area contributed by atoms with Crippen molar-refractivity contribution in [1.29, 1.82) is 0 Å². The van der Waals surface area contributed by atoms with Crippen LogP contribution in [0.1, 0.15) is 42.9 Å². The molecule has 0 heterocycles. The van der Waals surface area contributed by atoms with Crippen molar-refractivity contribution >= 4 is 5.57 Å². The Labute approximate surface area is 85.5 Å². The predicted molar refractivity (Wildman–Crippen MR) is 59.9 cm³/mol. The minimum Gasteiger partial charge on any atom is -0.0955 e. The third kappa shape index (κ3) is 2.21. The van der Waals surface area contributed by atoms with Crippen LogP contribution in [0.15, 0.2) is 30.8 Å². The zero-order valence-electron chi connectivity index (χ0n) is 11.5. The lowest BCUT2D eigenvalue weighted by atomic mass is 9.82. The summed E-state index contributed by atoms with van der Waals surface area (Å²) in [5, 5.41) is 0. The van der Waals surface area contributed by atoms with E-state index in [9.17, 15) is 0 Å². The van der Waals surface area contributed by atoms with Crippen molar-refractivity contribution in [2.24, 2.45) is 0 Å². The number of allylic oxidation sites excluding steroid dienone is 1. The zero-order valence-corrected chi connectivity index (χ0v) is 8.52. The first-order valence-corrected chi connectivity index (χ1v) is 4.43. The van der Waals surface area contributed by atoms with Crippen LogP contribution in [-0.4, -0.2) is 0 Å². The highest BCUT2D eigenvalue weighted by Crippen LogP contribution is 2.28. The molecule has 0 heteroatoms. The quantitative estimate of drug-likeness (QED) is 0.608. The van der Waals surface area contributed by atoms with Crippen LogP contribution < -0.4 is 0 Å². The van der Waals surface area contributed by atoms with Crippen molar-refractivity contribution in [2.75, 3.05) is 0 Å². The minimum atomic E-state index is -2.12. The third-order valence-corrected chi connectivity index (χ3v) is 2.06. The average Bonchev–Trinajstić information content (AvgIpc) is 2.14. The van der Waals surface area contributed by atoms with Gasteiger partial charge >= 0.3 is 0 Å². The molecule has 0 aliphatic heterocycles. The highest BCUT2D eigenvalue weighted by Gasteiger charge is 2.16. The van der Waals surface area contributed by atoms with E-state index >= 15 is 0 Å². The zero-order chi connectivity index (χ0) is 12.6. The lowest BCUT2D eigenvalue weighted by molar-refractivity contribution is 0.588. The Morgan fingerprint density at radius 3 is 2.46 bits per heavy atom. The molecule has 0 saturated heterocycles. The smallest absolute Gasteiger partial charge is 0.0280 e. The van der Waals surface area contributed by atoms with Crippen LogP contribution in [0.4, 0.5) is 0 Å². The summed E-state index contributed by atoms with van der Waals surface area (Å²) in [6.07, 6.45) is 0. The fourth-order valence-electron chi connectivity index (χ4n) is 1.40. The molecule has 0 saturated carbocycles. The van der Waals surface area contributed by atoms with E-state index in [4.69, 9.17) is 4.11 Å². The van der Waals surface area contributed by atoms with Crippen LogP contribution in [0.3, 0.4) is 0 Å². The van der Waals surface area contributed by atoms with Crippen molar-refractivity contribution < 1.29 is 4.11 Å². The molecule has 0 nitrogen and oxygen atoms in total. The standard InChI is InChI=1S/C13H18/c1-10(2)11-8-6-7-9-12(11)13(3,4)5/h6-9H,1H2,2-5H3/i2D3. The molecule has 0 aliphatic carbocycles. The van der Waals surface area contributed by atoms with E-state index in [1.165, 1.54) is 0 Å². The van der Waals surface area contributed by atoms with Crippen molar-refractivity contribution in [3.8, 4) is 0 Å². The topological polar surface area (TPSA) is 0 Å². The molecule has 13 heavy (non-hydrogen) atoms. The highest BCUT2D eigenvalue weighted by atomic mass is 14.2.